The van der Waals surface area contributed by atoms with Crippen LogP contribution in [0.25, 0.3) is 17.0 Å². The normalized spacial score (nSPS) is 10.8. The summed E-state index contributed by atoms with van der Waals surface area (Å²) in [6.07, 6.45) is 0. The molecule has 2 aromatic carbocycles. The molecule has 0 aliphatic heterocycles. The maximum Gasteiger partial charge on any atom is 0.258 e. The Morgan fingerprint density at radius 2 is 1.81 bits per heavy atom. The number of aromatic nitrogens is 4. The van der Waals surface area contributed by atoms with E-state index >= 15 is 0 Å². The number of fused-ring (bicyclic) bond motifs is 1. The van der Waals surface area contributed by atoms with E-state index in [0.717, 1.165) is 12.1 Å². The number of nitrogens with zero attached hydrogens (tertiary/aromatic N) is 4. The number of hydrogen-bond acceptors (Lipinski definition) is 8. The summed E-state index contributed by atoms with van der Waals surface area (Å²) in [6, 6.07) is 10.8. The number of rotatable bonds is 10. The Morgan fingerprint density at radius 3 is 2.53 bits per heavy atom. The van der Waals surface area contributed by atoms with Gasteiger partial charge >= 0.3 is 0 Å². The number of carbonyl (C=O) groups excluding carboxylic acids is 1. The van der Waals surface area contributed by atoms with Crippen LogP contribution in [-0.2, 0) is 4.79 Å². The number of ether oxygens (including phenoxy) is 4. The van der Waals surface area contributed by atoms with Crippen molar-refractivity contribution in [1.29, 1.82) is 0 Å². The molecule has 13 heteroatoms. The van der Waals surface area contributed by atoms with Gasteiger partial charge in [-0.15, -0.1) is 15.3 Å². The lowest BCUT2D eigenvalue weighted by Crippen LogP contribution is -2.32. The third-order valence-corrected chi connectivity index (χ3v) is 5.43. The van der Waals surface area contributed by atoms with Crippen molar-refractivity contribution in [2.45, 2.75) is 0 Å². The fourth-order valence-corrected chi connectivity index (χ4v) is 3.77. The molecule has 0 saturated heterocycles. The van der Waals surface area contributed by atoms with E-state index in [0.29, 0.717) is 34.4 Å². The lowest BCUT2D eigenvalue weighted by atomic mass is 10.2. The number of halogens is 3. The minimum absolute atomic E-state index is 0.0294. The molecule has 188 valence electrons. The van der Waals surface area contributed by atoms with Gasteiger partial charge < -0.3 is 24.3 Å². The van der Waals surface area contributed by atoms with Crippen LogP contribution in [0.1, 0.15) is 0 Å². The Bertz CT molecular complexity index is 1380. The Labute approximate surface area is 214 Å². The Balaban J connectivity index is 1.35. The third kappa shape index (κ3) is 5.69. The van der Waals surface area contributed by atoms with Gasteiger partial charge in [-0.2, -0.15) is 4.52 Å². The number of amides is 1. The molecule has 0 radical (unpaired) electrons. The van der Waals surface area contributed by atoms with Crippen LogP contribution >= 0.6 is 23.2 Å². The summed E-state index contributed by atoms with van der Waals surface area (Å²) in [5, 5.41) is 15.4. The highest BCUT2D eigenvalue weighted by atomic mass is 35.5. The average Bonchev–Trinajstić information content (AvgIpc) is 3.28. The second-order valence-corrected chi connectivity index (χ2v) is 8.03. The molecule has 1 N–H and O–H groups in total. The van der Waals surface area contributed by atoms with Crippen molar-refractivity contribution in [1.82, 2.24) is 25.1 Å². The van der Waals surface area contributed by atoms with Gasteiger partial charge in [0.25, 0.3) is 5.91 Å². The molecule has 10 nitrogen and oxygen atoms in total. The molecular formula is C23H20Cl2FN5O5. The molecule has 0 saturated carbocycles. The van der Waals surface area contributed by atoms with Gasteiger partial charge in [0.1, 0.15) is 23.9 Å². The second-order valence-electron chi connectivity index (χ2n) is 7.22. The second kappa shape index (κ2) is 11.3. The molecule has 36 heavy (non-hydrogen) atoms. The summed E-state index contributed by atoms with van der Waals surface area (Å²) in [4.78, 5) is 12.1. The minimum Gasteiger partial charge on any atom is -0.497 e. The van der Waals surface area contributed by atoms with Gasteiger partial charge in [-0.05, 0) is 30.3 Å². The molecule has 4 aromatic rings. The summed E-state index contributed by atoms with van der Waals surface area (Å²) in [7, 11) is 3.12. The smallest absolute Gasteiger partial charge is 0.258 e. The van der Waals surface area contributed by atoms with Crippen LogP contribution in [0, 0.1) is 5.82 Å². The lowest BCUT2D eigenvalue weighted by molar-refractivity contribution is -0.123. The van der Waals surface area contributed by atoms with Gasteiger partial charge in [0.15, 0.2) is 23.8 Å². The molecule has 1 amide bonds. The first-order chi connectivity index (χ1) is 17.4. The van der Waals surface area contributed by atoms with Crippen LogP contribution in [-0.4, -0.2) is 59.7 Å². The maximum atomic E-state index is 13.2. The average molecular weight is 536 g/mol. The van der Waals surface area contributed by atoms with Crippen molar-refractivity contribution < 1.29 is 28.1 Å². The Morgan fingerprint density at radius 1 is 1.03 bits per heavy atom. The molecule has 0 aliphatic rings. The van der Waals surface area contributed by atoms with Gasteiger partial charge in [-0.3, -0.25) is 4.79 Å². The van der Waals surface area contributed by atoms with E-state index in [4.69, 9.17) is 42.1 Å². The zero-order valence-corrected chi connectivity index (χ0v) is 20.6. The van der Waals surface area contributed by atoms with Crippen LogP contribution in [0.3, 0.4) is 0 Å². The van der Waals surface area contributed by atoms with Crippen LogP contribution in [0.15, 0.2) is 42.5 Å². The summed E-state index contributed by atoms with van der Waals surface area (Å²) < 4.78 is 36.4. The monoisotopic (exact) mass is 535 g/mol. The van der Waals surface area contributed by atoms with E-state index in [1.165, 1.54) is 4.52 Å². The quantitative estimate of drug-likeness (QED) is 0.305. The van der Waals surface area contributed by atoms with Gasteiger partial charge in [-0.25, -0.2) is 4.39 Å². The van der Waals surface area contributed by atoms with Crippen molar-refractivity contribution in [3.05, 3.63) is 58.3 Å². The van der Waals surface area contributed by atoms with Crippen molar-refractivity contribution in [3.8, 4) is 34.5 Å². The molecule has 0 fully saturated rings. The number of benzene rings is 2. The van der Waals surface area contributed by atoms with Gasteiger partial charge in [0.2, 0.25) is 5.88 Å². The van der Waals surface area contributed by atoms with Gasteiger partial charge in [-0.1, -0.05) is 23.2 Å². The molecule has 0 spiro atoms. The fraction of sp³-hybridized carbons (Fsp3) is 0.217. The lowest BCUT2D eigenvalue weighted by Gasteiger charge is -2.11. The molecule has 0 bridgehead atoms. The van der Waals surface area contributed by atoms with E-state index in [9.17, 15) is 9.18 Å². The summed E-state index contributed by atoms with van der Waals surface area (Å²) in [5.74, 6) is 0.924. The molecule has 0 unspecified atom stereocenters. The number of hydrogen-bond donors (Lipinski definition) is 1. The van der Waals surface area contributed by atoms with Crippen molar-refractivity contribution in [3.63, 3.8) is 0 Å². The van der Waals surface area contributed by atoms with E-state index in [1.807, 2.05) is 0 Å². The third-order valence-electron chi connectivity index (χ3n) is 4.87. The first-order valence-electron chi connectivity index (χ1n) is 10.5. The highest BCUT2D eigenvalue weighted by molar-refractivity contribution is 6.37. The predicted molar refractivity (Wildman–Crippen MR) is 130 cm³/mol. The van der Waals surface area contributed by atoms with Crippen LogP contribution in [0.2, 0.25) is 10.0 Å². The SMILES string of the molecule is COc1ccc(-c2nnc3ccc(OCCNC(=O)COc4c(Cl)cc(F)cc4Cl)nn23)c(OC)c1. The molecule has 0 aliphatic carbocycles. The van der Waals surface area contributed by atoms with Crippen molar-refractivity contribution in [2.75, 3.05) is 34.0 Å². The molecular weight excluding hydrogens is 516 g/mol. The molecule has 0 atom stereocenters. The van der Waals surface area contributed by atoms with E-state index in [2.05, 4.69) is 20.6 Å². The van der Waals surface area contributed by atoms with Crippen molar-refractivity contribution >= 4 is 34.8 Å². The maximum absolute atomic E-state index is 13.2. The van der Waals surface area contributed by atoms with Crippen LogP contribution in [0.5, 0.6) is 23.1 Å². The number of methoxy groups -OCH3 is 2. The Hall–Kier alpha value is -3.83. The summed E-state index contributed by atoms with van der Waals surface area (Å²) in [6.45, 7) is -0.0528. The molecule has 2 heterocycles. The number of carbonyl (C=O) groups is 1. The topological polar surface area (TPSA) is 109 Å². The van der Waals surface area contributed by atoms with Crippen LogP contribution < -0.4 is 24.3 Å². The standard InChI is InChI=1S/C23H20Cl2FN5O5/c1-33-14-3-4-15(18(11-14)34-2)23-29-28-19-5-6-21(30-31(19)23)35-8-7-27-20(32)12-36-22-16(24)9-13(26)10-17(22)25/h3-6,9-11H,7-8,12H2,1-2H3,(H,27,32). The molecule has 4 rings (SSSR count). The molecule has 2 aromatic heterocycles. The van der Waals surface area contributed by atoms with E-state index in [1.54, 1.807) is 44.6 Å². The summed E-state index contributed by atoms with van der Waals surface area (Å²) in [5.41, 5.74) is 1.18. The van der Waals surface area contributed by atoms with Gasteiger partial charge in [0.05, 0.1) is 36.4 Å². The first kappa shape index (κ1) is 25.3. The Kier molecular flexibility index (Phi) is 7.91. The number of nitrogens with one attached hydrogen (secondary N) is 1. The highest BCUT2D eigenvalue weighted by Gasteiger charge is 2.16. The van der Waals surface area contributed by atoms with E-state index in [-0.39, 0.29) is 35.6 Å². The minimum atomic E-state index is -0.604. The van der Waals surface area contributed by atoms with E-state index < -0.39 is 11.7 Å². The highest BCUT2D eigenvalue weighted by Crippen LogP contribution is 2.34. The zero-order chi connectivity index (χ0) is 25.7. The zero-order valence-electron chi connectivity index (χ0n) is 19.1. The first-order valence-corrected chi connectivity index (χ1v) is 11.3. The van der Waals surface area contributed by atoms with Crippen molar-refractivity contribution in [2.24, 2.45) is 0 Å². The summed E-state index contributed by atoms with van der Waals surface area (Å²) >= 11 is 11.8. The fourth-order valence-electron chi connectivity index (χ4n) is 3.20. The van der Waals surface area contributed by atoms with Gasteiger partial charge in [0, 0.05) is 12.1 Å². The van der Waals surface area contributed by atoms with Crippen LogP contribution in [0.4, 0.5) is 4.39 Å². The largest absolute Gasteiger partial charge is 0.497 e. The predicted octanol–water partition coefficient (Wildman–Crippen LogP) is 3.83.